The Balaban J connectivity index is 1.56. The van der Waals surface area contributed by atoms with Crippen molar-refractivity contribution in [3.8, 4) is 16.9 Å². The van der Waals surface area contributed by atoms with Gasteiger partial charge in [-0.25, -0.2) is 4.68 Å². The molecule has 4 rings (SSSR count). The molecule has 6 heteroatoms. The van der Waals surface area contributed by atoms with E-state index in [1.54, 1.807) is 4.68 Å². The van der Waals surface area contributed by atoms with E-state index in [1.807, 2.05) is 61.7 Å². The highest BCUT2D eigenvalue weighted by Gasteiger charge is 2.19. The molecule has 3 aromatic rings. The number of aromatic nitrogens is 2. The summed E-state index contributed by atoms with van der Waals surface area (Å²) in [6.07, 6.45) is 1.82. The van der Waals surface area contributed by atoms with Gasteiger partial charge in [-0.05, 0) is 24.6 Å². The minimum Gasteiger partial charge on any atom is -0.379 e. The minimum atomic E-state index is -0.101. The molecular formula is C23H26N4O2. The van der Waals surface area contributed by atoms with Gasteiger partial charge in [0.05, 0.1) is 24.5 Å². The first-order valence-corrected chi connectivity index (χ1v) is 10.0. The fraction of sp³-hybridized carbons (Fsp3) is 0.304. The number of carbonyl (C=O) groups is 1. The van der Waals surface area contributed by atoms with Gasteiger partial charge in [0.25, 0.3) is 5.91 Å². The standard InChI is InChI=1S/C23H26N4O2/c1-18-6-5-9-20(16-18)27-17-21(22(25-27)19-7-3-2-4-8-19)23(28)24-10-11-26-12-14-29-15-13-26/h2-9,16-17H,10-15H2,1H3,(H,24,28). The van der Waals surface area contributed by atoms with E-state index >= 15 is 0 Å². The maximum atomic E-state index is 13.0. The SMILES string of the molecule is Cc1cccc(-n2cc(C(=O)NCCN3CCOCC3)c(-c3ccccc3)n2)c1. The number of aryl methyl sites for hydroxylation is 1. The second-order valence-corrected chi connectivity index (χ2v) is 7.25. The molecule has 29 heavy (non-hydrogen) atoms. The van der Waals surface area contributed by atoms with Crippen LogP contribution in [0.1, 0.15) is 15.9 Å². The summed E-state index contributed by atoms with van der Waals surface area (Å²) in [6, 6.07) is 17.9. The fourth-order valence-corrected chi connectivity index (χ4v) is 3.50. The second kappa shape index (κ2) is 9.03. The van der Waals surface area contributed by atoms with E-state index in [9.17, 15) is 4.79 Å². The van der Waals surface area contributed by atoms with Gasteiger partial charge in [0.2, 0.25) is 0 Å². The number of rotatable bonds is 6. The first-order chi connectivity index (χ1) is 14.2. The zero-order chi connectivity index (χ0) is 20.1. The van der Waals surface area contributed by atoms with Crippen LogP contribution in [0.15, 0.2) is 60.8 Å². The van der Waals surface area contributed by atoms with E-state index in [2.05, 4.69) is 16.3 Å². The quantitative estimate of drug-likeness (QED) is 0.703. The normalized spacial score (nSPS) is 14.7. The summed E-state index contributed by atoms with van der Waals surface area (Å²) in [6.45, 7) is 6.81. The Morgan fingerprint density at radius 3 is 2.66 bits per heavy atom. The summed E-state index contributed by atoms with van der Waals surface area (Å²) in [5.74, 6) is -0.101. The van der Waals surface area contributed by atoms with Crippen LogP contribution in [-0.2, 0) is 4.74 Å². The number of nitrogens with zero attached hydrogens (tertiary/aromatic N) is 3. The third-order valence-electron chi connectivity index (χ3n) is 5.09. The molecule has 1 aliphatic heterocycles. The van der Waals surface area contributed by atoms with Crippen molar-refractivity contribution in [2.24, 2.45) is 0 Å². The highest BCUT2D eigenvalue weighted by molar-refractivity contribution is 5.99. The summed E-state index contributed by atoms with van der Waals surface area (Å²) in [4.78, 5) is 15.3. The van der Waals surface area contributed by atoms with Crippen LogP contribution in [0.4, 0.5) is 0 Å². The van der Waals surface area contributed by atoms with Crippen molar-refractivity contribution in [3.05, 3.63) is 71.9 Å². The maximum absolute atomic E-state index is 13.0. The predicted molar refractivity (Wildman–Crippen MR) is 113 cm³/mol. The Hall–Kier alpha value is -2.96. The molecule has 0 bridgehead atoms. The summed E-state index contributed by atoms with van der Waals surface area (Å²) < 4.78 is 7.16. The zero-order valence-corrected chi connectivity index (χ0v) is 16.7. The van der Waals surface area contributed by atoms with E-state index in [-0.39, 0.29) is 5.91 Å². The van der Waals surface area contributed by atoms with Crippen molar-refractivity contribution in [2.75, 3.05) is 39.4 Å². The molecule has 2 aromatic carbocycles. The predicted octanol–water partition coefficient (Wildman–Crippen LogP) is 2.91. The second-order valence-electron chi connectivity index (χ2n) is 7.25. The van der Waals surface area contributed by atoms with Gasteiger partial charge in [-0.3, -0.25) is 9.69 Å². The molecular weight excluding hydrogens is 364 g/mol. The Labute approximate surface area is 171 Å². The minimum absolute atomic E-state index is 0.101. The van der Waals surface area contributed by atoms with Crippen LogP contribution in [0.2, 0.25) is 0 Å². The van der Waals surface area contributed by atoms with E-state index < -0.39 is 0 Å². The number of ether oxygens (including phenoxy) is 1. The lowest BCUT2D eigenvalue weighted by Gasteiger charge is -2.26. The van der Waals surface area contributed by atoms with Crippen molar-refractivity contribution < 1.29 is 9.53 Å². The summed E-state index contributed by atoms with van der Waals surface area (Å²) in [5.41, 5.74) is 4.29. The molecule has 6 nitrogen and oxygen atoms in total. The summed E-state index contributed by atoms with van der Waals surface area (Å²) in [7, 11) is 0. The monoisotopic (exact) mass is 390 g/mol. The van der Waals surface area contributed by atoms with Crippen molar-refractivity contribution in [3.63, 3.8) is 0 Å². The van der Waals surface area contributed by atoms with E-state index in [4.69, 9.17) is 9.84 Å². The molecule has 1 aliphatic rings. The van der Waals surface area contributed by atoms with Crippen molar-refractivity contribution in [2.45, 2.75) is 6.92 Å². The van der Waals surface area contributed by atoms with Crippen LogP contribution >= 0.6 is 0 Å². The van der Waals surface area contributed by atoms with Gasteiger partial charge in [0.1, 0.15) is 5.69 Å². The highest BCUT2D eigenvalue weighted by atomic mass is 16.5. The Morgan fingerprint density at radius 2 is 1.90 bits per heavy atom. The Morgan fingerprint density at radius 1 is 1.10 bits per heavy atom. The number of morpholine rings is 1. The number of hydrogen-bond acceptors (Lipinski definition) is 4. The fourth-order valence-electron chi connectivity index (χ4n) is 3.50. The van der Waals surface area contributed by atoms with Gasteiger partial charge in [-0.2, -0.15) is 5.10 Å². The molecule has 1 aromatic heterocycles. The summed E-state index contributed by atoms with van der Waals surface area (Å²) in [5, 5.41) is 7.80. The third-order valence-corrected chi connectivity index (χ3v) is 5.09. The molecule has 0 saturated carbocycles. The Bertz CT molecular complexity index is 962. The lowest BCUT2D eigenvalue weighted by Crippen LogP contribution is -2.41. The van der Waals surface area contributed by atoms with Gasteiger partial charge >= 0.3 is 0 Å². The number of carbonyl (C=O) groups excluding carboxylic acids is 1. The van der Waals surface area contributed by atoms with Gasteiger partial charge in [0, 0.05) is 37.9 Å². The summed E-state index contributed by atoms with van der Waals surface area (Å²) >= 11 is 0. The molecule has 0 aliphatic carbocycles. The average Bonchev–Trinajstić information content (AvgIpc) is 3.21. The smallest absolute Gasteiger partial charge is 0.255 e. The van der Waals surface area contributed by atoms with E-state index in [0.717, 1.165) is 49.7 Å². The Kier molecular flexibility index (Phi) is 6.03. The topological polar surface area (TPSA) is 59.4 Å². The van der Waals surface area contributed by atoms with Crippen LogP contribution in [0.5, 0.6) is 0 Å². The zero-order valence-electron chi connectivity index (χ0n) is 16.7. The average molecular weight is 390 g/mol. The highest BCUT2D eigenvalue weighted by Crippen LogP contribution is 2.24. The molecule has 1 saturated heterocycles. The third kappa shape index (κ3) is 4.72. The van der Waals surface area contributed by atoms with Crippen LogP contribution in [0, 0.1) is 6.92 Å². The van der Waals surface area contributed by atoms with Crippen LogP contribution < -0.4 is 5.32 Å². The van der Waals surface area contributed by atoms with Crippen molar-refractivity contribution >= 4 is 5.91 Å². The lowest BCUT2D eigenvalue weighted by atomic mass is 10.1. The molecule has 1 N–H and O–H groups in total. The molecule has 150 valence electrons. The molecule has 0 atom stereocenters. The van der Waals surface area contributed by atoms with Crippen LogP contribution in [0.3, 0.4) is 0 Å². The first-order valence-electron chi connectivity index (χ1n) is 10.0. The lowest BCUT2D eigenvalue weighted by molar-refractivity contribution is 0.0383. The maximum Gasteiger partial charge on any atom is 0.255 e. The van der Waals surface area contributed by atoms with E-state index in [1.165, 1.54) is 0 Å². The number of benzene rings is 2. The van der Waals surface area contributed by atoms with E-state index in [0.29, 0.717) is 17.8 Å². The number of amides is 1. The largest absolute Gasteiger partial charge is 0.379 e. The molecule has 0 spiro atoms. The molecule has 0 unspecified atom stereocenters. The molecule has 0 radical (unpaired) electrons. The van der Waals surface area contributed by atoms with Gasteiger partial charge in [0.15, 0.2) is 0 Å². The van der Waals surface area contributed by atoms with Crippen molar-refractivity contribution in [1.29, 1.82) is 0 Å². The number of nitrogens with one attached hydrogen (secondary N) is 1. The first kappa shape index (κ1) is 19.4. The molecule has 2 heterocycles. The molecule has 1 fully saturated rings. The van der Waals surface area contributed by atoms with Crippen LogP contribution in [-0.4, -0.2) is 60.0 Å². The van der Waals surface area contributed by atoms with Crippen LogP contribution in [0.25, 0.3) is 16.9 Å². The van der Waals surface area contributed by atoms with Gasteiger partial charge in [-0.1, -0.05) is 42.5 Å². The number of hydrogen-bond donors (Lipinski definition) is 1. The molecule has 1 amide bonds. The van der Waals surface area contributed by atoms with Crippen molar-refractivity contribution in [1.82, 2.24) is 20.0 Å². The van der Waals surface area contributed by atoms with Gasteiger partial charge in [-0.15, -0.1) is 0 Å². The van der Waals surface area contributed by atoms with Gasteiger partial charge < -0.3 is 10.1 Å².